The average Bonchev–Trinajstić information content (AvgIpc) is 3.48. The molecule has 2 aliphatic heterocycles. The van der Waals surface area contributed by atoms with Crippen LogP contribution in [0.25, 0.3) is 5.69 Å². The summed E-state index contributed by atoms with van der Waals surface area (Å²) in [6.07, 6.45) is 2.04. The number of hydrogen-bond donors (Lipinski definition) is 2. The first-order valence-electron chi connectivity index (χ1n) is 11.6. The molecule has 2 aromatic carbocycles. The van der Waals surface area contributed by atoms with Crippen molar-refractivity contribution in [3.8, 4) is 17.2 Å². The lowest BCUT2D eigenvalue weighted by molar-refractivity contribution is 0.102. The Labute approximate surface area is 198 Å². The topological polar surface area (TPSA) is 84.8 Å². The molecular formula is C26H28N4O4. The Balaban J connectivity index is 1.38. The van der Waals surface area contributed by atoms with Crippen LogP contribution in [0.1, 0.15) is 34.6 Å². The molecule has 3 amide bonds. The highest BCUT2D eigenvalue weighted by Gasteiger charge is 2.21. The summed E-state index contributed by atoms with van der Waals surface area (Å²) in [6, 6.07) is 14.8. The predicted octanol–water partition coefficient (Wildman–Crippen LogP) is 4.75. The Hall–Kier alpha value is -3.94. The van der Waals surface area contributed by atoms with Crippen LogP contribution < -0.4 is 20.1 Å². The van der Waals surface area contributed by atoms with Crippen LogP contribution in [-0.4, -0.2) is 47.7 Å². The molecule has 8 heteroatoms. The standard InChI is InChI=1S/C26H28N4O4/c1-17-15-20(18(2)30(17)19-9-10-23-24(16-19)34-14-13-33-23)25(31)27-21-7-3-4-8-22(21)28-26(32)29-11-5-6-12-29/h3-4,7-10,15-16H,5-6,11-14H2,1-2H3,(H,27,31)(H,28,32). The highest BCUT2D eigenvalue weighted by Crippen LogP contribution is 2.34. The third-order valence-electron chi connectivity index (χ3n) is 6.27. The summed E-state index contributed by atoms with van der Waals surface area (Å²) in [4.78, 5) is 27.6. The maximum absolute atomic E-state index is 13.3. The van der Waals surface area contributed by atoms with Crippen molar-refractivity contribution in [1.82, 2.24) is 9.47 Å². The van der Waals surface area contributed by atoms with Crippen molar-refractivity contribution in [2.75, 3.05) is 36.9 Å². The largest absolute Gasteiger partial charge is 0.486 e. The first-order valence-corrected chi connectivity index (χ1v) is 11.6. The number of nitrogens with zero attached hydrogens (tertiary/aromatic N) is 2. The van der Waals surface area contributed by atoms with Crippen LogP contribution in [0.4, 0.5) is 16.2 Å². The van der Waals surface area contributed by atoms with E-state index < -0.39 is 0 Å². The van der Waals surface area contributed by atoms with Crippen LogP contribution in [0.3, 0.4) is 0 Å². The molecule has 0 unspecified atom stereocenters. The Morgan fingerprint density at radius 3 is 2.26 bits per heavy atom. The van der Waals surface area contributed by atoms with Gasteiger partial charge in [-0.15, -0.1) is 0 Å². The van der Waals surface area contributed by atoms with Gasteiger partial charge in [-0.25, -0.2) is 4.79 Å². The Morgan fingerprint density at radius 1 is 0.853 bits per heavy atom. The second-order valence-corrected chi connectivity index (χ2v) is 8.57. The van der Waals surface area contributed by atoms with Gasteiger partial charge in [0.1, 0.15) is 13.2 Å². The van der Waals surface area contributed by atoms with Crippen LogP contribution >= 0.6 is 0 Å². The first-order chi connectivity index (χ1) is 16.5. The number of aryl methyl sites for hydroxylation is 1. The summed E-state index contributed by atoms with van der Waals surface area (Å²) >= 11 is 0. The fourth-order valence-corrected chi connectivity index (χ4v) is 4.57. The minimum Gasteiger partial charge on any atom is -0.486 e. The minimum absolute atomic E-state index is 0.143. The van der Waals surface area contributed by atoms with E-state index in [1.807, 2.05) is 54.8 Å². The molecule has 1 fully saturated rings. The van der Waals surface area contributed by atoms with Gasteiger partial charge in [0.05, 0.1) is 16.9 Å². The van der Waals surface area contributed by atoms with Gasteiger partial charge in [0.15, 0.2) is 11.5 Å². The SMILES string of the molecule is Cc1cc(C(=O)Nc2ccccc2NC(=O)N2CCCC2)c(C)n1-c1ccc2c(c1)OCCO2. The van der Waals surface area contributed by atoms with Gasteiger partial charge in [-0.3, -0.25) is 4.79 Å². The summed E-state index contributed by atoms with van der Waals surface area (Å²) in [7, 11) is 0. The lowest BCUT2D eigenvalue weighted by Gasteiger charge is -2.20. The van der Waals surface area contributed by atoms with Crippen molar-refractivity contribution in [3.63, 3.8) is 0 Å². The van der Waals surface area contributed by atoms with E-state index >= 15 is 0 Å². The van der Waals surface area contributed by atoms with Gasteiger partial charge in [0, 0.05) is 36.2 Å². The lowest BCUT2D eigenvalue weighted by atomic mass is 10.2. The molecule has 2 aliphatic rings. The Kier molecular flexibility index (Phi) is 5.88. The summed E-state index contributed by atoms with van der Waals surface area (Å²) in [5, 5.41) is 5.91. The van der Waals surface area contributed by atoms with Gasteiger partial charge >= 0.3 is 6.03 Å². The molecule has 176 valence electrons. The zero-order valence-electron chi connectivity index (χ0n) is 19.4. The number of likely N-dealkylation sites (tertiary alicyclic amines) is 1. The molecule has 3 heterocycles. The van der Waals surface area contributed by atoms with E-state index in [9.17, 15) is 9.59 Å². The zero-order valence-corrected chi connectivity index (χ0v) is 19.4. The number of urea groups is 1. The molecular weight excluding hydrogens is 432 g/mol. The van der Waals surface area contributed by atoms with Crippen LogP contribution in [0.2, 0.25) is 0 Å². The van der Waals surface area contributed by atoms with Crippen molar-refractivity contribution in [2.24, 2.45) is 0 Å². The number of para-hydroxylation sites is 2. The molecule has 0 radical (unpaired) electrons. The van der Waals surface area contributed by atoms with Crippen LogP contribution in [0, 0.1) is 13.8 Å². The smallest absolute Gasteiger partial charge is 0.321 e. The average molecular weight is 461 g/mol. The summed E-state index contributed by atoms with van der Waals surface area (Å²) in [5.41, 5.74) is 4.34. The minimum atomic E-state index is -0.236. The molecule has 5 rings (SSSR count). The Bertz CT molecular complexity index is 1240. The maximum Gasteiger partial charge on any atom is 0.321 e. The van der Waals surface area contributed by atoms with Gasteiger partial charge in [-0.1, -0.05) is 12.1 Å². The van der Waals surface area contributed by atoms with Crippen LogP contribution in [-0.2, 0) is 0 Å². The van der Waals surface area contributed by atoms with E-state index in [4.69, 9.17) is 9.47 Å². The predicted molar refractivity (Wildman–Crippen MR) is 130 cm³/mol. The summed E-state index contributed by atoms with van der Waals surface area (Å²) in [6.45, 7) is 6.45. The summed E-state index contributed by atoms with van der Waals surface area (Å²) in [5.74, 6) is 1.19. The fraction of sp³-hybridized carbons (Fsp3) is 0.308. The number of fused-ring (bicyclic) bond motifs is 1. The molecule has 3 aromatic rings. The van der Waals surface area contributed by atoms with E-state index in [2.05, 4.69) is 10.6 Å². The lowest BCUT2D eigenvalue weighted by Crippen LogP contribution is -2.32. The second-order valence-electron chi connectivity index (χ2n) is 8.57. The number of benzene rings is 2. The molecule has 1 saturated heterocycles. The van der Waals surface area contributed by atoms with Crippen LogP contribution in [0.15, 0.2) is 48.5 Å². The van der Waals surface area contributed by atoms with E-state index in [0.717, 1.165) is 48.8 Å². The molecule has 0 aliphatic carbocycles. The summed E-state index contributed by atoms with van der Waals surface area (Å²) < 4.78 is 13.4. The van der Waals surface area contributed by atoms with Crippen LogP contribution in [0.5, 0.6) is 11.5 Å². The second kappa shape index (κ2) is 9.13. The Morgan fingerprint density at radius 2 is 1.53 bits per heavy atom. The maximum atomic E-state index is 13.3. The molecule has 2 N–H and O–H groups in total. The monoisotopic (exact) mass is 460 g/mol. The number of aromatic nitrogens is 1. The fourth-order valence-electron chi connectivity index (χ4n) is 4.57. The van der Waals surface area contributed by atoms with Gasteiger partial charge in [-0.2, -0.15) is 0 Å². The highest BCUT2D eigenvalue weighted by atomic mass is 16.6. The van der Waals surface area contributed by atoms with E-state index in [-0.39, 0.29) is 11.9 Å². The molecule has 0 spiro atoms. The normalized spacial score (nSPS) is 14.7. The number of carbonyl (C=O) groups is 2. The first kappa shape index (κ1) is 21.9. The number of hydrogen-bond acceptors (Lipinski definition) is 4. The number of rotatable bonds is 4. The number of carbonyl (C=O) groups excluding carboxylic acids is 2. The highest BCUT2D eigenvalue weighted by molar-refractivity contribution is 6.08. The molecule has 0 saturated carbocycles. The molecule has 8 nitrogen and oxygen atoms in total. The number of anilines is 2. The quantitative estimate of drug-likeness (QED) is 0.589. The third-order valence-corrected chi connectivity index (χ3v) is 6.27. The number of amides is 3. The molecule has 1 aromatic heterocycles. The van der Waals surface area contributed by atoms with Gasteiger partial charge < -0.3 is 29.6 Å². The molecule has 0 atom stereocenters. The van der Waals surface area contributed by atoms with E-state index in [1.165, 1.54) is 0 Å². The van der Waals surface area contributed by atoms with Crippen molar-refractivity contribution in [3.05, 3.63) is 65.5 Å². The molecule has 34 heavy (non-hydrogen) atoms. The van der Waals surface area contributed by atoms with E-state index in [1.54, 1.807) is 17.0 Å². The van der Waals surface area contributed by atoms with Crippen molar-refractivity contribution in [2.45, 2.75) is 26.7 Å². The van der Waals surface area contributed by atoms with Gasteiger partial charge in [0.25, 0.3) is 5.91 Å². The third kappa shape index (κ3) is 4.19. The van der Waals surface area contributed by atoms with Crippen molar-refractivity contribution >= 4 is 23.3 Å². The molecule has 0 bridgehead atoms. The zero-order chi connectivity index (χ0) is 23.7. The number of nitrogens with one attached hydrogen (secondary N) is 2. The van der Waals surface area contributed by atoms with E-state index in [0.29, 0.717) is 35.9 Å². The number of ether oxygens (including phenoxy) is 2. The van der Waals surface area contributed by atoms with Gasteiger partial charge in [0.2, 0.25) is 0 Å². The van der Waals surface area contributed by atoms with Crippen molar-refractivity contribution in [1.29, 1.82) is 0 Å². The van der Waals surface area contributed by atoms with Crippen molar-refractivity contribution < 1.29 is 19.1 Å². The van der Waals surface area contributed by atoms with Gasteiger partial charge in [-0.05, 0) is 57.0 Å².